The monoisotopic (exact) mass is 382 g/mol. The van der Waals surface area contributed by atoms with Gasteiger partial charge in [0.25, 0.3) is 5.91 Å². The van der Waals surface area contributed by atoms with Crippen molar-refractivity contribution >= 4 is 17.5 Å². The van der Waals surface area contributed by atoms with E-state index in [1.165, 1.54) is 19.3 Å². The molecule has 0 aliphatic heterocycles. The zero-order valence-electron chi connectivity index (χ0n) is 16.8. The van der Waals surface area contributed by atoms with Crippen molar-refractivity contribution in [3.8, 4) is 6.07 Å². The molecule has 150 valence electrons. The van der Waals surface area contributed by atoms with Crippen molar-refractivity contribution in [2.45, 2.75) is 70.4 Å². The van der Waals surface area contributed by atoms with Crippen LogP contribution >= 0.6 is 0 Å². The largest absolute Gasteiger partial charge is 0.376 e. The lowest BCUT2D eigenvalue weighted by atomic mass is 9.95. The topological polar surface area (TPSA) is 94.0 Å². The first kappa shape index (κ1) is 20.2. The van der Waals surface area contributed by atoms with Crippen molar-refractivity contribution in [1.29, 1.82) is 5.26 Å². The lowest BCUT2D eigenvalue weighted by molar-refractivity contribution is -0.120. The normalized spacial score (nSPS) is 19.2. The molecule has 3 N–H and O–H groups in total. The minimum Gasteiger partial charge on any atom is -0.376 e. The fourth-order valence-electron chi connectivity index (χ4n) is 3.91. The molecule has 0 saturated heterocycles. The molecule has 1 atom stereocenters. The molecule has 2 saturated carbocycles. The Labute approximate surface area is 167 Å². The molecule has 0 radical (unpaired) electrons. The molecule has 1 unspecified atom stereocenters. The highest BCUT2D eigenvalue weighted by molar-refractivity contribution is 5.95. The van der Waals surface area contributed by atoms with Gasteiger partial charge in [0.1, 0.15) is 5.54 Å². The Balaban J connectivity index is 1.53. The molecule has 28 heavy (non-hydrogen) atoms. The zero-order valence-corrected chi connectivity index (χ0v) is 16.8. The van der Waals surface area contributed by atoms with Crippen LogP contribution in [-0.4, -0.2) is 29.9 Å². The average Bonchev–Trinajstić information content (AvgIpc) is 3.53. The number of nitriles is 1. The maximum atomic E-state index is 12.5. The summed E-state index contributed by atoms with van der Waals surface area (Å²) in [6.45, 7) is 3.80. The Morgan fingerprint density at radius 1 is 1.18 bits per heavy atom. The van der Waals surface area contributed by atoms with E-state index >= 15 is 0 Å². The lowest BCUT2D eigenvalue weighted by Gasteiger charge is -2.23. The van der Waals surface area contributed by atoms with E-state index < -0.39 is 5.54 Å². The molecule has 2 fully saturated rings. The first-order valence-electron chi connectivity index (χ1n) is 10.3. The third-order valence-electron chi connectivity index (χ3n) is 5.89. The van der Waals surface area contributed by atoms with Crippen LogP contribution in [0.25, 0.3) is 0 Å². The van der Waals surface area contributed by atoms with Gasteiger partial charge < -0.3 is 16.0 Å². The van der Waals surface area contributed by atoms with Crippen LogP contribution in [0.15, 0.2) is 18.2 Å². The van der Waals surface area contributed by atoms with E-state index in [0.717, 1.165) is 36.9 Å². The number of nitrogens with one attached hydrogen (secondary N) is 3. The van der Waals surface area contributed by atoms with Gasteiger partial charge in [-0.15, -0.1) is 0 Å². The summed E-state index contributed by atoms with van der Waals surface area (Å²) in [4.78, 5) is 24.7. The molecule has 3 rings (SSSR count). The molecule has 2 aliphatic rings. The minimum absolute atomic E-state index is 0.0338. The molecule has 6 heteroatoms. The van der Waals surface area contributed by atoms with Crippen molar-refractivity contribution < 1.29 is 9.59 Å². The second-order valence-electron chi connectivity index (χ2n) is 8.33. The highest BCUT2D eigenvalue weighted by atomic mass is 16.2. The van der Waals surface area contributed by atoms with Gasteiger partial charge in [0.15, 0.2) is 0 Å². The summed E-state index contributed by atoms with van der Waals surface area (Å²) in [5.41, 5.74) is 1.59. The number of carbonyl (C=O) groups excluding carboxylic acids is 2. The molecule has 6 nitrogen and oxygen atoms in total. The summed E-state index contributed by atoms with van der Waals surface area (Å²) >= 11 is 0. The molecule has 0 heterocycles. The molecule has 1 aromatic rings. The predicted molar refractivity (Wildman–Crippen MR) is 109 cm³/mol. The molecule has 2 amide bonds. The van der Waals surface area contributed by atoms with Gasteiger partial charge >= 0.3 is 0 Å². The summed E-state index contributed by atoms with van der Waals surface area (Å²) < 4.78 is 0. The molecule has 0 spiro atoms. The van der Waals surface area contributed by atoms with E-state index in [1.54, 1.807) is 13.0 Å². The smallest absolute Gasteiger partial charge is 0.251 e. The standard InChI is InChI=1S/C22H30N4O2/c1-15-12-16(21(28)25-18-6-4-3-5-7-18)8-11-19(15)24-13-20(27)26-22(2,14-23)17-9-10-17/h8,11-12,17-18,24H,3-7,9-10,13H2,1-2H3,(H,25,28)(H,26,27). The average molecular weight is 383 g/mol. The van der Waals surface area contributed by atoms with Gasteiger partial charge in [-0.1, -0.05) is 19.3 Å². The quantitative estimate of drug-likeness (QED) is 0.674. The number of amides is 2. The molecule has 2 aliphatic carbocycles. The number of nitrogens with zero attached hydrogens (tertiary/aromatic N) is 1. The predicted octanol–water partition coefficient (Wildman–Crippen LogP) is 3.28. The summed E-state index contributed by atoms with van der Waals surface area (Å²) in [7, 11) is 0. The van der Waals surface area contributed by atoms with Gasteiger partial charge in [0.05, 0.1) is 12.6 Å². The highest BCUT2D eigenvalue weighted by Gasteiger charge is 2.42. The fraction of sp³-hybridized carbons (Fsp3) is 0.591. The first-order valence-corrected chi connectivity index (χ1v) is 10.3. The number of hydrogen-bond acceptors (Lipinski definition) is 4. The van der Waals surface area contributed by atoms with Crippen molar-refractivity contribution in [1.82, 2.24) is 10.6 Å². The Hall–Kier alpha value is -2.55. The Morgan fingerprint density at radius 2 is 1.89 bits per heavy atom. The van der Waals surface area contributed by atoms with E-state index in [2.05, 4.69) is 22.0 Å². The molecular formula is C22H30N4O2. The maximum absolute atomic E-state index is 12.5. The van der Waals surface area contributed by atoms with Gasteiger partial charge in [-0.25, -0.2) is 0 Å². The summed E-state index contributed by atoms with van der Waals surface area (Å²) in [6, 6.07) is 7.98. The van der Waals surface area contributed by atoms with Crippen molar-refractivity contribution in [2.75, 3.05) is 11.9 Å². The minimum atomic E-state index is -0.783. The van der Waals surface area contributed by atoms with Gasteiger partial charge in [0, 0.05) is 17.3 Å². The fourth-order valence-corrected chi connectivity index (χ4v) is 3.91. The van der Waals surface area contributed by atoms with Crippen LogP contribution in [0.2, 0.25) is 0 Å². The van der Waals surface area contributed by atoms with E-state index in [1.807, 2.05) is 19.1 Å². The van der Waals surface area contributed by atoms with Gasteiger partial charge in [-0.2, -0.15) is 5.26 Å². The number of benzene rings is 1. The molecule has 0 bridgehead atoms. The van der Waals surface area contributed by atoms with E-state index in [4.69, 9.17) is 0 Å². The van der Waals surface area contributed by atoms with Crippen molar-refractivity contribution in [3.63, 3.8) is 0 Å². The lowest BCUT2D eigenvalue weighted by Crippen LogP contribution is -2.48. The number of hydrogen-bond donors (Lipinski definition) is 3. The molecule has 0 aromatic heterocycles. The Morgan fingerprint density at radius 3 is 2.50 bits per heavy atom. The SMILES string of the molecule is Cc1cc(C(=O)NC2CCCCC2)ccc1NCC(=O)NC(C)(C#N)C1CC1. The van der Waals surface area contributed by atoms with Crippen LogP contribution in [-0.2, 0) is 4.79 Å². The second-order valence-corrected chi connectivity index (χ2v) is 8.33. The number of carbonyl (C=O) groups is 2. The number of aryl methyl sites for hydroxylation is 1. The Kier molecular flexibility index (Phi) is 6.23. The van der Waals surface area contributed by atoms with Crippen LogP contribution in [0.4, 0.5) is 5.69 Å². The highest BCUT2D eigenvalue weighted by Crippen LogP contribution is 2.39. The number of rotatable bonds is 7. The van der Waals surface area contributed by atoms with Gasteiger partial charge in [0.2, 0.25) is 5.91 Å². The third-order valence-corrected chi connectivity index (χ3v) is 5.89. The molecule has 1 aromatic carbocycles. The van der Waals surface area contributed by atoms with Gasteiger partial charge in [-0.3, -0.25) is 9.59 Å². The maximum Gasteiger partial charge on any atom is 0.251 e. The summed E-state index contributed by atoms with van der Waals surface area (Å²) in [6.07, 6.45) is 7.71. The van der Waals surface area contributed by atoms with Crippen LogP contribution < -0.4 is 16.0 Å². The van der Waals surface area contributed by atoms with E-state index in [0.29, 0.717) is 5.56 Å². The number of anilines is 1. The van der Waals surface area contributed by atoms with Crippen molar-refractivity contribution in [2.24, 2.45) is 5.92 Å². The summed E-state index contributed by atoms with van der Waals surface area (Å²) in [5, 5.41) is 18.4. The van der Waals surface area contributed by atoms with Crippen LogP contribution in [0, 0.1) is 24.2 Å². The second kappa shape index (κ2) is 8.64. The Bertz CT molecular complexity index is 775. The molecular weight excluding hydrogens is 352 g/mol. The van der Waals surface area contributed by atoms with E-state index in [9.17, 15) is 14.9 Å². The summed E-state index contributed by atoms with van der Waals surface area (Å²) in [5.74, 6) is 0.0214. The van der Waals surface area contributed by atoms with Crippen LogP contribution in [0.3, 0.4) is 0 Å². The van der Waals surface area contributed by atoms with Crippen molar-refractivity contribution in [3.05, 3.63) is 29.3 Å². The van der Waals surface area contributed by atoms with Crippen LogP contribution in [0.1, 0.15) is 67.8 Å². The third kappa shape index (κ3) is 5.03. The van der Waals surface area contributed by atoms with E-state index in [-0.39, 0.29) is 30.3 Å². The first-order chi connectivity index (χ1) is 13.4. The zero-order chi connectivity index (χ0) is 20.1. The van der Waals surface area contributed by atoms with Crippen LogP contribution in [0.5, 0.6) is 0 Å². The van der Waals surface area contributed by atoms with Gasteiger partial charge in [-0.05, 0) is 69.2 Å².